The Hall–Kier alpha value is -2.99. The number of hydrogen-bond acceptors (Lipinski definition) is 9. The zero-order valence-electron chi connectivity index (χ0n) is 30.2. The first-order valence-electron chi connectivity index (χ1n) is 17.5. The number of phenols is 1. The topological polar surface area (TPSA) is 106 Å². The Morgan fingerprint density at radius 2 is 1.80 bits per heavy atom. The molecule has 0 bridgehead atoms. The van der Waals surface area contributed by atoms with Crippen LogP contribution >= 0.6 is 0 Å². The zero-order chi connectivity index (χ0) is 35.4. The summed E-state index contributed by atoms with van der Waals surface area (Å²) in [7, 11) is -0.644. The lowest BCUT2D eigenvalue weighted by Crippen LogP contribution is -2.55. The largest absolute Gasteiger partial charge is 0.507 e. The van der Waals surface area contributed by atoms with Gasteiger partial charge in [0.15, 0.2) is 20.9 Å². The Morgan fingerprint density at radius 3 is 2.45 bits per heavy atom. The molecule has 0 unspecified atom stereocenters. The summed E-state index contributed by atoms with van der Waals surface area (Å²) in [6.45, 7) is 17.7. The average Bonchev–Trinajstić information content (AvgIpc) is 3.36. The number of hydrogen-bond donors (Lipinski definition) is 1. The summed E-state index contributed by atoms with van der Waals surface area (Å²) in [6.07, 6.45) is 5.69. The van der Waals surface area contributed by atoms with E-state index in [2.05, 4.69) is 47.4 Å². The van der Waals surface area contributed by atoms with E-state index in [0.717, 1.165) is 31.2 Å². The second-order valence-corrected chi connectivity index (χ2v) is 19.8. The summed E-state index contributed by atoms with van der Waals surface area (Å²) in [5, 5.41) is 11.3. The molecule has 5 rings (SSSR count). The van der Waals surface area contributed by atoms with Crippen LogP contribution in [0.2, 0.25) is 18.1 Å². The fourth-order valence-electron chi connectivity index (χ4n) is 6.75. The molecule has 2 heterocycles. The highest BCUT2D eigenvalue weighted by Crippen LogP contribution is 2.45. The molecule has 1 aromatic heterocycles. The van der Waals surface area contributed by atoms with Crippen molar-refractivity contribution >= 4 is 19.1 Å². The third-order valence-corrected chi connectivity index (χ3v) is 14.9. The molecule has 10 heteroatoms. The summed E-state index contributed by atoms with van der Waals surface area (Å²) >= 11 is 0. The molecule has 49 heavy (non-hydrogen) atoms. The number of aromatic hydroxyl groups is 1. The minimum absolute atomic E-state index is 0.0233. The molecule has 1 aliphatic heterocycles. The van der Waals surface area contributed by atoms with Crippen LogP contribution in [-0.2, 0) is 36.4 Å². The molecular formula is C39H54O9Si. The van der Waals surface area contributed by atoms with Gasteiger partial charge < -0.3 is 37.6 Å². The maximum Gasteiger partial charge on any atom is 0.347 e. The van der Waals surface area contributed by atoms with Crippen LogP contribution in [0.1, 0.15) is 71.1 Å². The number of phenolic OH excluding ortho intramolecular Hbond substituents is 1. The minimum atomic E-state index is -2.32. The van der Waals surface area contributed by atoms with E-state index < -0.39 is 31.9 Å². The van der Waals surface area contributed by atoms with Gasteiger partial charge in [0.25, 0.3) is 0 Å². The first kappa shape index (κ1) is 37.3. The average molecular weight is 695 g/mol. The highest BCUT2D eigenvalue weighted by atomic mass is 28.4. The van der Waals surface area contributed by atoms with Gasteiger partial charge in [-0.1, -0.05) is 63.6 Å². The Kier molecular flexibility index (Phi) is 11.8. The van der Waals surface area contributed by atoms with E-state index in [1.54, 1.807) is 19.2 Å². The van der Waals surface area contributed by atoms with E-state index in [9.17, 15) is 9.90 Å². The van der Waals surface area contributed by atoms with Crippen LogP contribution < -0.4 is 10.4 Å². The molecule has 1 saturated heterocycles. The lowest BCUT2D eigenvalue weighted by Gasteiger charge is -2.44. The van der Waals surface area contributed by atoms with Gasteiger partial charge in [0, 0.05) is 38.4 Å². The fourth-order valence-corrected chi connectivity index (χ4v) is 8.06. The van der Waals surface area contributed by atoms with Crippen molar-refractivity contribution < 1.29 is 37.6 Å². The summed E-state index contributed by atoms with van der Waals surface area (Å²) in [6, 6.07) is 14.6. The first-order chi connectivity index (χ1) is 23.3. The highest BCUT2D eigenvalue weighted by Gasteiger charge is 2.54. The molecule has 0 amide bonds. The van der Waals surface area contributed by atoms with Crippen LogP contribution in [0.4, 0.5) is 0 Å². The van der Waals surface area contributed by atoms with Crippen LogP contribution in [0.3, 0.4) is 0 Å². The molecule has 1 N–H and O–H groups in total. The van der Waals surface area contributed by atoms with Crippen LogP contribution in [0, 0.1) is 5.92 Å². The van der Waals surface area contributed by atoms with Gasteiger partial charge in [-0.25, -0.2) is 4.79 Å². The Bertz CT molecular complexity index is 1610. The van der Waals surface area contributed by atoms with Crippen LogP contribution in [-0.4, -0.2) is 57.5 Å². The van der Waals surface area contributed by atoms with Gasteiger partial charge in [0.1, 0.15) is 34.9 Å². The third-order valence-electron chi connectivity index (χ3n) is 10.4. The Balaban J connectivity index is 1.39. The van der Waals surface area contributed by atoms with Crippen molar-refractivity contribution in [3.63, 3.8) is 0 Å². The number of benzene rings is 2. The van der Waals surface area contributed by atoms with Crippen molar-refractivity contribution in [3.8, 4) is 11.5 Å². The number of methoxy groups -OCH3 is 1. The maximum atomic E-state index is 13.2. The van der Waals surface area contributed by atoms with Crippen molar-refractivity contribution in [1.29, 1.82) is 0 Å². The van der Waals surface area contributed by atoms with E-state index in [1.807, 2.05) is 36.4 Å². The van der Waals surface area contributed by atoms with Gasteiger partial charge in [-0.05, 0) is 61.0 Å². The van der Waals surface area contributed by atoms with E-state index in [1.165, 1.54) is 12.5 Å². The quantitative estimate of drug-likeness (QED) is 0.0773. The fraction of sp³-hybridized carbons (Fsp3) is 0.564. The standard InChI is InChI=1S/C39H54O9Si/c1-9-28(35(42-6)36(48-49(7,8)38(3,4)5)34-26(2)46-39(47-34)18-14-11-15-19-39)20-31-22-29-21-30(23-32(40)33(29)37(41)45-31)44-25-43-24-27-16-12-10-13-17-27/h9-10,12-13,16-17,21-23,26,28,34-36,40H,1,11,14-15,18-20,24-25H2,2-8H3/t26-,28+,34+,35+,36+/m1/s1. The highest BCUT2D eigenvalue weighted by molar-refractivity contribution is 6.74. The lowest BCUT2D eigenvalue weighted by atomic mass is 9.89. The summed E-state index contributed by atoms with van der Waals surface area (Å²) in [5.41, 5.74) is 0.385. The van der Waals surface area contributed by atoms with E-state index in [4.69, 9.17) is 32.5 Å². The molecule has 0 radical (unpaired) electrons. The van der Waals surface area contributed by atoms with Crippen molar-refractivity contribution in [3.05, 3.63) is 82.9 Å². The molecule has 1 aliphatic carbocycles. The smallest absolute Gasteiger partial charge is 0.347 e. The normalized spacial score (nSPS) is 21.4. The van der Waals surface area contributed by atoms with Crippen LogP contribution in [0.15, 0.2) is 70.4 Å². The van der Waals surface area contributed by atoms with Crippen LogP contribution in [0.25, 0.3) is 10.8 Å². The van der Waals surface area contributed by atoms with Gasteiger partial charge >= 0.3 is 5.63 Å². The molecule has 268 valence electrons. The van der Waals surface area contributed by atoms with Crippen molar-refractivity contribution in [1.82, 2.24) is 0 Å². The second kappa shape index (κ2) is 15.5. The van der Waals surface area contributed by atoms with Gasteiger partial charge in [-0.15, -0.1) is 6.58 Å². The van der Waals surface area contributed by atoms with Crippen LogP contribution in [0.5, 0.6) is 11.5 Å². The van der Waals surface area contributed by atoms with Crippen molar-refractivity contribution in [2.45, 2.75) is 121 Å². The van der Waals surface area contributed by atoms with E-state index in [-0.39, 0.29) is 41.1 Å². The molecule has 2 aliphatic rings. The van der Waals surface area contributed by atoms with E-state index >= 15 is 0 Å². The first-order valence-corrected chi connectivity index (χ1v) is 20.4. The predicted octanol–water partition coefficient (Wildman–Crippen LogP) is 8.27. The molecular weight excluding hydrogens is 641 g/mol. The Morgan fingerprint density at radius 1 is 1.08 bits per heavy atom. The minimum Gasteiger partial charge on any atom is -0.507 e. The predicted molar refractivity (Wildman–Crippen MR) is 192 cm³/mol. The van der Waals surface area contributed by atoms with E-state index in [0.29, 0.717) is 29.9 Å². The second-order valence-electron chi connectivity index (χ2n) is 15.0. The SMILES string of the molecule is C=C[C@@H](Cc1cc2cc(OCOCc3ccccc3)cc(O)c2c(=O)o1)[C@H](OC)[C@@H](O[Si](C)(C)C(C)(C)C)[C@H]1OC2(CCCCC2)O[C@@H]1C. The number of ether oxygens (including phenoxy) is 5. The van der Waals surface area contributed by atoms with Gasteiger partial charge in [0.05, 0.1) is 18.8 Å². The number of rotatable bonds is 14. The molecule has 2 aromatic carbocycles. The molecule has 3 aromatic rings. The molecule has 2 fully saturated rings. The summed E-state index contributed by atoms with van der Waals surface area (Å²) in [5.74, 6) is -0.334. The summed E-state index contributed by atoms with van der Waals surface area (Å²) < 4.78 is 44.1. The van der Waals surface area contributed by atoms with Crippen molar-refractivity contribution in [2.24, 2.45) is 5.92 Å². The number of fused-ring (bicyclic) bond motifs is 1. The molecule has 1 spiro atoms. The molecule has 5 atom stereocenters. The van der Waals surface area contributed by atoms with Gasteiger partial charge in [0.2, 0.25) is 0 Å². The monoisotopic (exact) mass is 694 g/mol. The van der Waals surface area contributed by atoms with Gasteiger partial charge in [-0.2, -0.15) is 0 Å². The lowest BCUT2D eigenvalue weighted by molar-refractivity contribution is -0.204. The molecule has 9 nitrogen and oxygen atoms in total. The third kappa shape index (κ3) is 8.67. The van der Waals surface area contributed by atoms with Gasteiger partial charge in [-0.3, -0.25) is 0 Å². The van der Waals surface area contributed by atoms with Crippen molar-refractivity contribution in [2.75, 3.05) is 13.9 Å². The Labute approximate surface area is 291 Å². The maximum absolute atomic E-state index is 13.2. The molecule has 1 saturated carbocycles. The zero-order valence-corrected chi connectivity index (χ0v) is 31.2. The summed E-state index contributed by atoms with van der Waals surface area (Å²) in [4.78, 5) is 13.2.